The van der Waals surface area contributed by atoms with Crippen molar-refractivity contribution in [2.75, 3.05) is 20.8 Å². The third kappa shape index (κ3) is 3.12. The first-order valence-electron chi connectivity index (χ1n) is 5.62. The van der Waals surface area contributed by atoms with Crippen molar-refractivity contribution in [2.24, 2.45) is 0 Å². The highest BCUT2D eigenvalue weighted by Gasteiger charge is 2.38. The van der Waals surface area contributed by atoms with Crippen LogP contribution in [0.2, 0.25) is 0 Å². The van der Waals surface area contributed by atoms with Gasteiger partial charge in [-0.15, -0.1) is 0 Å². The SMILES string of the molecule is COc1cc(C(F)(F)F)c(OC)c(C(C)(C)CO)c1. The summed E-state index contributed by atoms with van der Waals surface area (Å²) in [6, 6.07) is 2.33. The van der Waals surface area contributed by atoms with Crippen LogP contribution in [0.3, 0.4) is 0 Å². The summed E-state index contributed by atoms with van der Waals surface area (Å²) < 4.78 is 48.9. The molecule has 0 atom stereocenters. The molecule has 0 aromatic heterocycles. The second kappa shape index (κ2) is 5.28. The van der Waals surface area contributed by atoms with E-state index in [4.69, 9.17) is 9.47 Å². The predicted molar refractivity (Wildman–Crippen MR) is 64.7 cm³/mol. The maximum atomic E-state index is 13.0. The summed E-state index contributed by atoms with van der Waals surface area (Å²) in [5.41, 5.74) is -1.53. The van der Waals surface area contributed by atoms with E-state index in [1.54, 1.807) is 13.8 Å². The standard InChI is InChI=1S/C13H17F3O3/c1-12(2,7-17)9-5-8(18-3)6-10(11(9)19-4)13(14,15)16/h5-6,17H,7H2,1-4H3. The fourth-order valence-corrected chi connectivity index (χ4v) is 1.74. The molecule has 1 aromatic rings. The lowest BCUT2D eigenvalue weighted by Crippen LogP contribution is -2.24. The first-order chi connectivity index (χ1) is 8.67. The second-order valence-corrected chi connectivity index (χ2v) is 4.80. The number of methoxy groups -OCH3 is 2. The van der Waals surface area contributed by atoms with E-state index in [-0.39, 0.29) is 23.7 Å². The van der Waals surface area contributed by atoms with E-state index in [0.29, 0.717) is 0 Å². The lowest BCUT2D eigenvalue weighted by Gasteiger charge is -2.27. The van der Waals surface area contributed by atoms with Crippen LogP contribution in [-0.2, 0) is 11.6 Å². The quantitative estimate of drug-likeness (QED) is 0.920. The Hall–Kier alpha value is -1.43. The third-order valence-corrected chi connectivity index (χ3v) is 2.93. The van der Waals surface area contributed by atoms with Gasteiger partial charge in [-0.3, -0.25) is 0 Å². The van der Waals surface area contributed by atoms with E-state index in [1.165, 1.54) is 20.3 Å². The molecule has 0 amide bonds. The fourth-order valence-electron chi connectivity index (χ4n) is 1.74. The number of ether oxygens (including phenoxy) is 2. The molecule has 108 valence electrons. The van der Waals surface area contributed by atoms with Crippen molar-refractivity contribution in [3.8, 4) is 11.5 Å². The van der Waals surface area contributed by atoms with Gasteiger partial charge in [0.25, 0.3) is 0 Å². The molecule has 1 N–H and O–H groups in total. The van der Waals surface area contributed by atoms with Crippen molar-refractivity contribution in [3.63, 3.8) is 0 Å². The van der Waals surface area contributed by atoms with Gasteiger partial charge in [-0.05, 0) is 12.1 Å². The first-order valence-corrected chi connectivity index (χ1v) is 5.62. The number of hydrogen-bond donors (Lipinski definition) is 1. The number of benzene rings is 1. The molecule has 0 unspecified atom stereocenters. The molecule has 1 aromatic carbocycles. The van der Waals surface area contributed by atoms with E-state index < -0.39 is 17.2 Å². The van der Waals surface area contributed by atoms with Gasteiger partial charge in [0.1, 0.15) is 17.1 Å². The number of alkyl halides is 3. The molecule has 1 rings (SSSR count). The average molecular weight is 278 g/mol. The van der Waals surface area contributed by atoms with Crippen LogP contribution in [0.1, 0.15) is 25.0 Å². The molecule has 0 aliphatic rings. The van der Waals surface area contributed by atoms with Crippen molar-refractivity contribution in [2.45, 2.75) is 25.4 Å². The summed E-state index contributed by atoms with van der Waals surface area (Å²) in [6.07, 6.45) is -4.56. The molecule has 0 radical (unpaired) electrons. The van der Waals surface area contributed by atoms with Crippen LogP contribution < -0.4 is 9.47 Å². The number of hydrogen-bond acceptors (Lipinski definition) is 3. The zero-order valence-corrected chi connectivity index (χ0v) is 11.3. The number of aliphatic hydroxyl groups excluding tert-OH is 1. The van der Waals surface area contributed by atoms with E-state index in [1.807, 2.05) is 0 Å². The van der Waals surface area contributed by atoms with Crippen molar-refractivity contribution >= 4 is 0 Å². The fraction of sp³-hybridized carbons (Fsp3) is 0.538. The summed E-state index contributed by atoms with van der Waals surface area (Å²) >= 11 is 0. The zero-order valence-electron chi connectivity index (χ0n) is 11.3. The minimum atomic E-state index is -4.56. The molecule has 0 bridgehead atoms. The molecule has 0 heterocycles. The Kier molecular flexibility index (Phi) is 4.35. The van der Waals surface area contributed by atoms with Gasteiger partial charge in [0.2, 0.25) is 0 Å². The predicted octanol–water partition coefficient (Wildman–Crippen LogP) is 2.99. The topological polar surface area (TPSA) is 38.7 Å². The average Bonchev–Trinajstić information content (AvgIpc) is 2.35. The molecule has 19 heavy (non-hydrogen) atoms. The molecular weight excluding hydrogens is 261 g/mol. The summed E-state index contributed by atoms with van der Waals surface area (Å²) in [4.78, 5) is 0. The van der Waals surface area contributed by atoms with Gasteiger partial charge in [-0.1, -0.05) is 13.8 Å². The maximum Gasteiger partial charge on any atom is 0.420 e. The van der Waals surface area contributed by atoms with Crippen LogP contribution in [0.4, 0.5) is 13.2 Å². The Balaban J connectivity index is 3.62. The Morgan fingerprint density at radius 3 is 1.95 bits per heavy atom. The molecule has 0 aliphatic heterocycles. The van der Waals surface area contributed by atoms with Gasteiger partial charge < -0.3 is 14.6 Å². The smallest absolute Gasteiger partial charge is 0.420 e. The van der Waals surface area contributed by atoms with Crippen molar-refractivity contribution in [1.29, 1.82) is 0 Å². The van der Waals surface area contributed by atoms with Crippen molar-refractivity contribution in [1.82, 2.24) is 0 Å². The normalized spacial score (nSPS) is 12.4. The van der Waals surface area contributed by atoms with Crippen LogP contribution >= 0.6 is 0 Å². The van der Waals surface area contributed by atoms with E-state index >= 15 is 0 Å². The van der Waals surface area contributed by atoms with Crippen molar-refractivity contribution < 1.29 is 27.8 Å². The lowest BCUT2D eigenvalue weighted by atomic mass is 9.83. The number of aliphatic hydroxyl groups is 1. The number of halogens is 3. The Bertz CT molecular complexity index is 453. The third-order valence-electron chi connectivity index (χ3n) is 2.93. The molecule has 0 saturated carbocycles. The highest BCUT2D eigenvalue weighted by molar-refractivity contribution is 5.51. The summed E-state index contributed by atoms with van der Waals surface area (Å²) in [5, 5.41) is 9.35. The first kappa shape index (κ1) is 15.6. The Morgan fingerprint density at radius 1 is 1.05 bits per heavy atom. The van der Waals surface area contributed by atoms with Gasteiger partial charge in [-0.2, -0.15) is 13.2 Å². The van der Waals surface area contributed by atoms with Gasteiger partial charge in [0.15, 0.2) is 0 Å². The highest BCUT2D eigenvalue weighted by atomic mass is 19.4. The molecule has 3 nitrogen and oxygen atoms in total. The number of rotatable bonds is 4. The zero-order chi connectivity index (χ0) is 14.8. The Labute approximate surface area is 110 Å². The van der Waals surface area contributed by atoms with Gasteiger partial charge in [0, 0.05) is 11.0 Å². The van der Waals surface area contributed by atoms with Gasteiger partial charge in [0.05, 0.1) is 20.8 Å². The molecule has 0 aliphatic carbocycles. The van der Waals surface area contributed by atoms with Crippen LogP contribution in [0, 0.1) is 0 Å². The van der Waals surface area contributed by atoms with Crippen LogP contribution in [0.5, 0.6) is 11.5 Å². The molecule has 0 spiro atoms. The van der Waals surface area contributed by atoms with E-state index in [9.17, 15) is 18.3 Å². The molecular formula is C13H17F3O3. The molecule has 0 fully saturated rings. The maximum absolute atomic E-state index is 13.0. The Morgan fingerprint density at radius 2 is 1.58 bits per heavy atom. The monoisotopic (exact) mass is 278 g/mol. The van der Waals surface area contributed by atoms with Gasteiger partial charge >= 0.3 is 6.18 Å². The van der Waals surface area contributed by atoms with Crippen LogP contribution in [-0.4, -0.2) is 25.9 Å². The van der Waals surface area contributed by atoms with Crippen LogP contribution in [0.15, 0.2) is 12.1 Å². The lowest BCUT2D eigenvalue weighted by molar-refractivity contribution is -0.139. The van der Waals surface area contributed by atoms with E-state index in [2.05, 4.69) is 0 Å². The molecule has 0 saturated heterocycles. The van der Waals surface area contributed by atoms with E-state index in [0.717, 1.165) is 6.07 Å². The highest BCUT2D eigenvalue weighted by Crippen LogP contribution is 2.44. The minimum Gasteiger partial charge on any atom is -0.497 e. The summed E-state index contributed by atoms with van der Waals surface area (Å²) in [6.45, 7) is 2.95. The summed E-state index contributed by atoms with van der Waals surface area (Å²) in [7, 11) is 2.46. The van der Waals surface area contributed by atoms with Gasteiger partial charge in [-0.25, -0.2) is 0 Å². The minimum absolute atomic E-state index is 0.0737. The van der Waals surface area contributed by atoms with Crippen molar-refractivity contribution in [3.05, 3.63) is 23.3 Å². The molecule has 6 heteroatoms. The van der Waals surface area contributed by atoms with Crippen LogP contribution in [0.25, 0.3) is 0 Å². The summed E-state index contributed by atoms with van der Waals surface area (Å²) in [5.74, 6) is -0.211. The largest absolute Gasteiger partial charge is 0.497 e. The second-order valence-electron chi connectivity index (χ2n) is 4.80.